The minimum Gasteiger partial charge on any atom is -0.444 e. The fraction of sp³-hybridized carbons (Fsp3) is 0.443. The zero-order valence-electron chi connectivity index (χ0n) is 54.5. The minimum absolute atomic E-state index is 0. The Morgan fingerprint density at radius 1 is 0.574 bits per heavy atom. The average molecular weight is 1490 g/mol. The molecule has 0 bridgehead atoms. The van der Waals surface area contributed by atoms with Crippen LogP contribution in [0.4, 0.5) is 26.9 Å². The number of ether oxygens (including phenoxy) is 2. The molecule has 0 aliphatic carbocycles. The van der Waals surface area contributed by atoms with Gasteiger partial charge in [-0.05, 0) is 227 Å². The van der Waals surface area contributed by atoms with E-state index in [0.29, 0.717) is 88.6 Å². The van der Waals surface area contributed by atoms with E-state index in [1.54, 1.807) is 59.2 Å². The molecule has 4 atom stereocenters. The molecule has 2 aromatic heterocycles. The van der Waals surface area contributed by atoms with Crippen molar-refractivity contribution in [1.82, 2.24) is 30.1 Å². The number of piperidine rings is 4. The number of carbonyl (C=O) groups is 3. The molecule has 6 aromatic rings. The molecule has 4 aromatic carbocycles. The second-order valence-corrected chi connectivity index (χ2v) is 29.7. The van der Waals surface area contributed by atoms with Crippen LogP contribution in [0.5, 0.6) is 0 Å². The van der Waals surface area contributed by atoms with Crippen LogP contribution in [-0.4, -0.2) is 106 Å². The van der Waals surface area contributed by atoms with E-state index < -0.39 is 11.2 Å². The number of nitrogen functional groups attached to an aromatic ring is 1. The van der Waals surface area contributed by atoms with Gasteiger partial charge in [0.2, 0.25) is 5.95 Å². The van der Waals surface area contributed by atoms with E-state index in [1.807, 2.05) is 84.0 Å². The number of imidazole rings is 1. The summed E-state index contributed by atoms with van der Waals surface area (Å²) in [5.74, 6) is 2.09. The quantitative estimate of drug-likeness (QED) is 0.0553. The summed E-state index contributed by atoms with van der Waals surface area (Å²) in [7, 11) is 0. The van der Waals surface area contributed by atoms with Gasteiger partial charge in [-0.15, -0.1) is 0 Å². The van der Waals surface area contributed by atoms with Gasteiger partial charge in [-0.2, -0.15) is 18.5 Å². The van der Waals surface area contributed by atoms with Crippen LogP contribution in [0, 0.1) is 23.7 Å². The Morgan fingerprint density at radius 2 is 1.01 bits per heavy atom. The number of ketones is 1. The van der Waals surface area contributed by atoms with Gasteiger partial charge in [-0.3, -0.25) is 4.79 Å². The molecule has 24 heteroatoms. The van der Waals surface area contributed by atoms with Crippen LogP contribution in [-0.2, 0) is 27.1 Å². The normalized spacial score (nSPS) is 17.9. The smallest absolute Gasteiger partial charge is 0.410 e. The molecule has 10 rings (SSSR count). The van der Waals surface area contributed by atoms with Crippen LogP contribution < -0.4 is 21.3 Å². The van der Waals surface area contributed by atoms with Crippen LogP contribution in [0.15, 0.2) is 122 Å². The third kappa shape index (κ3) is 28.0. The van der Waals surface area contributed by atoms with Gasteiger partial charge in [-0.25, -0.2) is 14.6 Å². The summed E-state index contributed by atoms with van der Waals surface area (Å²) in [5.41, 5.74) is 12.9. The maximum absolute atomic E-state index is 12.3. The number of nitrogens with one attached hydrogen (secondary N) is 3. The summed E-state index contributed by atoms with van der Waals surface area (Å²) in [4.78, 5) is 53.1. The number of benzene rings is 4. The molecule has 4 fully saturated rings. The Morgan fingerprint density at radius 3 is 1.48 bits per heavy atom. The molecule has 512 valence electrons. The molecule has 0 radical (unpaired) electrons. The van der Waals surface area contributed by atoms with E-state index in [0.717, 1.165) is 117 Å². The zero-order chi connectivity index (χ0) is 68.3. The number of nitrogens with zero attached hydrogens (tertiary/aromatic N) is 5. The number of hydrogen-bond acceptors (Lipinski definition) is 11. The Labute approximate surface area is 607 Å². The van der Waals surface area contributed by atoms with Gasteiger partial charge >= 0.3 is 12.2 Å². The summed E-state index contributed by atoms with van der Waals surface area (Å²) >= 11 is 53.4. The van der Waals surface area contributed by atoms with Gasteiger partial charge in [-0.1, -0.05) is 135 Å². The summed E-state index contributed by atoms with van der Waals surface area (Å²) in [6.45, 7) is 32.0. The monoisotopic (exact) mass is 1480 g/mol. The van der Waals surface area contributed by atoms with Gasteiger partial charge in [0.25, 0.3) is 0 Å². The third-order valence-electron chi connectivity index (χ3n) is 15.4. The lowest BCUT2D eigenvalue weighted by atomic mass is 9.88. The lowest BCUT2D eigenvalue weighted by Gasteiger charge is -2.35. The number of likely N-dealkylation sites (tertiary alicyclic amines) is 2. The van der Waals surface area contributed by atoms with Crippen LogP contribution in [0.25, 0.3) is 11.2 Å². The Kier molecular flexibility index (Phi) is 32.2. The van der Waals surface area contributed by atoms with Crippen molar-refractivity contribution in [3.8, 4) is 0 Å². The van der Waals surface area contributed by atoms with Crippen molar-refractivity contribution < 1.29 is 23.9 Å². The van der Waals surface area contributed by atoms with E-state index in [2.05, 4.69) is 50.2 Å². The fourth-order valence-corrected chi connectivity index (χ4v) is 13.3. The summed E-state index contributed by atoms with van der Waals surface area (Å²) in [6, 6.07) is 25.2. The number of Topliss-reactive ketones (excluding diaryl/α,β-unsaturated/α-hetero) is 1. The van der Waals surface area contributed by atoms with Gasteiger partial charge in [0.1, 0.15) is 22.1 Å². The Hall–Kier alpha value is -4.75. The first-order valence-corrected chi connectivity index (χ1v) is 34.5. The van der Waals surface area contributed by atoms with Gasteiger partial charge in [0.15, 0.2) is 5.65 Å². The molecule has 2 amide bonds. The molecule has 0 spiro atoms. The van der Waals surface area contributed by atoms with Crippen molar-refractivity contribution in [2.45, 2.75) is 124 Å². The van der Waals surface area contributed by atoms with Crippen molar-refractivity contribution in [1.29, 1.82) is 0 Å². The number of aromatic amines is 1. The van der Waals surface area contributed by atoms with Crippen molar-refractivity contribution in [3.63, 3.8) is 0 Å². The number of H-pyrrole nitrogens is 1. The number of amides is 2. The van der Waals surface area contributed by atoms with Crippen LogP contribution in [0.1, 0.15) is 111 Å². The lowest BCUT2D eigenvalue weighted by molar-refractivity contribution is -0.122. The minimum atomic E-state index is -0.474. The first-order valence-electron chi connectivity index (χ1n) is 31.1. The number of aromatic nitrogens is 3. The van der Waals surface area contributed by atoms with Crippen molar-refractivity contribution in [2.24, 2.45) is 23.7 Å². The second-order valence-electron chi connectivity index (χ2n) is 25.8. The molecule has 4 aliphatic heterocycles. The van der Waals surface area contributed by atoms with E-state index in [9.17, 15) is 14.4 Å². The van der Waals surface area contributed by atoms with E-state index >= 15 is 0 Å². The number of fused-ring (bicyclic) bond motifs is 1. The highest BCUT2D eigenvalue weighted by Gasteiger charge is 2.31. The number of pyridine rings is 1. The number of anilines is 3. The lowest BCUT2D eigenvalue weighted by Crippen LogP contribution is -2.44. The number of halogens is 9. The van der Waals surface area contributed by atoms with Crippen molar-refractivity contribution in [3.05, 3.63) is 178 Å². The number of rotatable bonds is 11. The SMILES string of the molecule is C=C(Cc1cc(Cl)cc(Cl)c1)C1CCCN(C(=O)OC(C)(C)C)C1.C=C(Cc1cc(Cl)cc(Cl)c1)C1CCCNC1.C=C(Nc1cc(Cl)cc(Cl)c1)C1CCCN(c2nc3nc(Cl)ccc3[nH]2)C1.CC(=O)C1CCCN(C(=O)OC(C)(C)C)C1.Nc1cc(Cl)cc(Cl)c1.S. The summed E-state index contributed by atoms with van der Waals surface area (Å²) in [6.07, 6.45) is 9.36. The topological polar surface area (TPSA) is 171 Å². The molecule has 14 nitrogen and oxygen atoms in total. The molecule has 6 heterocycles. The van der Waals surface area contributed by atoms with Gasteiger partial charge < -0.3 is 45.5 Å². The van der Waals surface area contributed by atoms with Gasteiger partial charge in [0, 0.05) is 115 Å². The molecule has 0 saturated carbocycles. The molecule has 5 N–H and O–H groups in total. The molecule has 94 heavy (non-hydrogen) atoms. The molecular weight excluding hydrogens is 1400 g/mol. The molecule has 4 saturated heterocycles. The predicted molar refractivity (Wildman–Crippen MR) is 400 cm³/mol. The number of nitrogens with two attached hydrogens (primary N) is 1. The Bertz CT molecular complexity index is 3440. The van der Waals surface area contributed by atoms with Crippen molar-refractivity contribution in [2.75, 3.05) is 68.3 Å². The van der Waals surface area contributed by atoms with Gasteiger partial charge in [0.05, 0.1) is 5.52 Å². The van der Waals surface area contributed by atoms with Crippen molar-refractivity contribution >= 4 is 164 Å². The number of carbonyl (C=O) groups excluding carboxylic acids is 3. The number of hydrogen-bond donors (Lipinski definition) is 4. The summed E-state index contributed by atoms with van der Waals surface area (Å²) in [5, 5.41) is 12.2. The largest absolute Gasteiger partial charge is 0.444 e. The average Bonchev–Trinajstić information content (AvgIpc) is 1.88. The maximum atomic E-state index is 12.3. The van der Waals surface area contributed by atoms with E-state index in [4.69, 9.17) is 120 Å². The Balaban J connectivity index is 0.000000220. The highest BCUT2D eigenvalue weighted by molar-refractivity contribution is 7.59. The third-order valence-corrected chi connectivity index (χ3v) is 17.4. The fourth-order valence-electron chi connectivity index (χ4n) is 11.0. The van der Waals surface area contributed by atoms with Crippen LogP contribution in [0.3, 0.4) is 0 Å². The highest BCUT2D eigenvalue weighted by Crippen LogP contribution is 2.33. The molecule has 4 unspecified atom stereocenters. The highest BCUT2D eigenvalue weighted by atomic mass is 35.5. The second kappa shape index (κ2) is 37.8. The molecular formula is C70H88Cl9N9O5S. The van der Waals surface area contributed by atoms with E-state index in [1.165, 1.54) is 18.4 Å². The first-order chi connectivity index (χ1) is 43.7. The molecule has 4 aliphatic rings. The first kappa shape index (κ1) is 79.9. The maximum Gasteiger partial charge on any atom is 0.410 e. The predicted octanol–water partition coefficient (Wildman–Crippen LogP) is 20.5. The summed E-state index contributed by atoms with van der Waals surface area (Å²) < 4.78 is 10.8. The van der Waals surface area contributed by atoms with Crippen LogP contribution in [0.2, 0.25) is 45.3 Å². The van der Waals surface area contributed by atoms with Crippen LogP contribution >= 0.6 is 118 Å². The van der Waals surface area contributed by atoms with E-state index in [-0.39, 0.29) is 49.2 Å². The standard InChI is InChI=1S/C19H18Cl3N5.C19H25Cl2NO2.C14H17Cl2N.C12H21NO3.C6H5Cl2N.H2S/c1-11(23-15-8-13(20)7-14(21)9-15)12-3-2-6-27(10-12)19-24-16-4-5-17(22)25-18(16)26-19;1-13(8-14-9-16(20)11-17(21)10-14)15-6-5-7-22(12-15)18(23)24-19(2,3)4;1-10(12-3-2-4-17-9-12)5-11-6-13(15)8-14(16)7-11;1-9(14)10-6-5-7-13(8-10)11(15)16-12(2,3)4;7-4-1-5(8)3-6(9)2-4;/h4-5,7-9,12,23H,1-3,6,10H2,(H,24,25,26);9-11,15H,1,5-8,12H2,2-4H3;6-8,12,17H,1-5,9H2;10H,5-8H2,1-4H3;1-3H,9H2;1H2. The zero-order valence-corrected chi connectivity index (χ0v) is 62.3.